The van der Waals surface area contributed by atoms with E-state index in [1.54, 1.807) is 36.4 Å². The molecule has 29 heavy (non-hydrogen) atoms. The Morgan fingerprint density at radius 1 is 0.966 bits per heavy atom. The fraction of sp³-hybridized carbons (Fsp3) is 0.238. The van der Waals surface area contributed by atoms with Gasteiger partial charge in [-0.05, 0) is 55.8 Å². The summed E-state index contributed by atoms with van der Waals surface area (Å²) in [5.74, 6) is -0.997. The molecule has 0 unspecified atom stereocenters. The second-order valence-corrected chi connectivity index (χ2v) is 7.88. The van der Waals surface area contributed by atoms with Crippen molar-refractivity contribution in [2.24, 2.45) is 0 Å². The van der Waals surface area contributed by atoms with Gasteiger partial charge in [-0.15, -0.1) is 0 Å². The highest BCUT2D eigenvalue weighted by Gasteiger charge is 2.48. The number of hydrogen-bond acceptors (Lipinski definition) is 4. The molecule has 2 amide bonds. The minimum atomic E-state index is -0.805. The Labute approximate surface area is 178 Å². The maximum atomic E-state index is 12.6. The molecule has 0 bridgehead atoms. The number of esters is 1. The quantitative estimate of drug-likeness (QED) is 0.656. The topological polar surface area (TPSA) is 76.7 Å². The minimum absolute atomic E-state index is 0.0493. The van der Waals surface area contributed by atoms with Crippen LogP contribution in [-0.4, -0.2) is 24.7 Å². The summed E-state index contributed by atoms with van der Waals surface area (Å²) in [4.78, 5) is 25.0. The van der Waals surface area contributed by atoms with Crippen molar-refractivity contribution in [3.05, 3.63) is 75.6 Å². The molecule has 8 heteroatoms. The van der Waals surface area contributed by atoms with Crippen LogP contribution in [0.3, 0.4) is 0 Å². The van der Waals surface area contributed by atoms with Crippen LogP contribution in [0.5, 0.6) is 0 Å². The zero-order chi connectivity index (χ0) is 21.2. The van der Waals surface area contributed by atoms with Crippen molar-refractivity contribution < 1.29 is 19.1 Å². The van der Waals surface area contributed by atoms with Gasteiger partial charge in [0.05, 0.1) is 13.0 Å². The molecule has 1 heterocycles. The number of amides is 2. The van der Waals surface area contributed by atoms with Crippen molar-refractivity contribution in [1.29, 1.82) is 0 Å². The summed E-state index contributed by atoms with van der Waals surface area (Å²) in [7, 11) is 1.28. The average molecular weight is 435 g/mol. The molecule has 1 atom stereocenters. The number of carbonyl (C=O) groups is 2. The van der Waals surface area contributed by atoms with Crippen molar-refractivity contribution in [2.75, 3.05) is 12.4 Å². The summed E-state index contributed by atoms with van der Waals surface area (Å²) >= 11 is 11.8. The van der Waals surface area contributed by atoms with Crippen molar-refractivity contribution in [3.63, 3.8) is 0 Å². The van der Waals surface area contributed by atoms with E-state index < -0.39 is 23.5 Å². The SMILES string of the molecule is COC(=O)C1=C(NC(=O)Nc2ccc(Cl)cc2)OC(C)(C)[C@@H]1c1ccc(Cl)cc1. The van der Waals surface area contributed by atoms with Crippen molar-refractivity contribution in [1.82, 2.24) is 5.32 Å². The first-order chi connectivity index (χ1) is 13.7. The van der Waals surface area contributed by atoms with Crippen LogP contribution < -0.4 is 10.6 Å². The van der Waals surface area contributed by atoms with Crippen LogP contribution in [0.25, 0.3) is 0 Å². The van der Waals surface area contributed by atoms with Gasteiger partial charge in [-0.3, -0.25) is 5.32 Å². The maximum absolute atomic E-state index is 12.6. The number of benzene rings is 2. The predicted molar refractivity (Wildman–Crippen MR) is 112 cm³/mol. The van der Waals surface area contributed by atoms with Crippen molar-refractivity contribution in [3.8, 4) is 0 Å². The number of halogens is 2. The summed E-state index contributed by atoms with van der Waals surface area (Å²) in [6, 6.07) is 13.2. The van der Waals surface area contributed by atoms with Crippen LogP contribution in [0.4, 0.5) is 10.5 Å². The molecular weight excluding hydrogens is 415 g/mol. The lowest BCUT2D eigenvalue weighted by molar-refractivity contribution is -0.136. The molecule has 2 aromatic rings. The van der Waals surface area contributed by atoms with E-state index in [1.165, 1.54) is 7.11 Å². The molecule has 1 aliphatic heterocycles. The van der Waals surface area contributed by atoms with Gasteiger partial charge in [-0.25, -0.2) is 9.59 Å². The van der Waals surface area contributed by atoms with Crippen molar-refractivity contribution >= 4 is 40.9 Å². The first-order valence-electron chi connectivity index (χ1n) is 8.82. The second kappa shape index (κ2) is 8.35. The largest absolute Gasteiger partial charge is 0.471 e. The van der Waals surface area contributed by atoms with Crippen LogP contribution in [-0.2, 0) is 14.3 Å². The van der Waals surface area contributed by atoms with Gasteiger partial charge in [0.1, 0.15) is 11.2 Å². The van der Waals surface area contributed by atoms with Gasteiger partial charge >= 0.3 is 12.0 Å². The third-order valence-corrected chi connectivity index (χ3v) is 5.04. The Kier molecular flexibility index (Phi) is 6.05. The first kappa shape index (κ1) is 21.0. The predicted octanol–water partition coefficient (Wildman–Crippen LogP) is 5.09. The zero-order valence-corrected chi connectivity index (χ0v) is 17.6. The number of carbonyl (C=O) groups excluding carboxylic acids is 2. The molecule has 1 aliphatic rings. The smallest absolute Gasteiger partial charge is 0.339 e. The molecule has 152 valence electrons. The van der Waals surface area contributed by atoms with E-state index in [0.717, 1.165) is 5.56 Å². The van der Waals surface area contributed by atoms with E-state index in [0.29, 0.717) is 15.7 Å². The fourth-order valence-corrected chi connectivity index (χ4v) is 3.54. The molecular formula is C21H20Cl2N2O4. The van der Waals surface area contributed by atoms with Crippen molar-refractivity contribution in [2.45, 2.75) is 25.4 Å². The summed E-state index contributed by atoms with van der Waals surface area (Å²) in [5, 5.41) is 6.42. The molecule has 0 spiro atoms. The summed E-state index contributed by atoms with van der Waals surface area (Å²) in [6.45, 7) is 3.67. The first-order valence-corrected chi connectivity index (χ1v) is 9.57. The van der Waals surface area contributed by atoms with E-state index >= 15 is 0 Å². The minimum Gasteiger partial charge on any atom is -0.471 e. The Balaban J connectivity index is 1.91. The van der Waals surface area contributed by atoms with Gasteiger partial charge in [0.2, 0.25) is 5.88 Å². The fourth-order valence-electron chi connectivity index (χ4n) is 3.29. The summed E-state index contributed by atoms with van der Waals surface area (Å²) in [6.07, 6.45) is 0. The van der Waals surface area contributed by atoms with Crippen LogP contribution in [0, 0.1) is 0 Å². The van der Waals surface area contributed by atoms with Gasteiger partial charge in [0.15, 0.2) is 0 Å². The highest BCUT2D eigenvalue weighted by atomic mass is 35.5. The van der Waals surface area contributed by atoms with Gasteiger partial charge in [-0.1, -0.05) is 35.3 Å². The molecule has 0 saturated heterocycles. The Bertz CT molecular complexity index is 954. The van der Waals surface area contributed by atoms with Crippen LogP contribution in [0.1, 0.15) is 25.3 Å². The molecule has 0 radical (unpaired) electrons. The number of methoxy groups -OCH3 is 1. The Morgan fingerprint density at radius 3 is 2.07 bits per heavy atom. The third kappa shape index (κ3) is 4.66. The third-order valence-electron chi connectivity index (χ3n) is 4.53. The molecule has 3 rings (SSSR count). The number of hydrogen-bond donors (Lipinski definition) is 2. The highest BCUT2D eigenvalue weighted by Crippen LogP contribution is 2.45. The van der Waals surface area contributed by atoms with Gasteiger partial charge in [0, 0.05) is 15.7 Å². The summed E-state index contributed by atoms with van der Waals surface area (Å²) < 4.78 is 10.9. The lowest BCUT2D eigenvalue weighted by atomic mass is 9.81. The van der Waals surface area contributed by atoms with Crippen LogP contribution in [0.2, 0.25) is 10.0 Å². The molecule has 0 aliphatic carbocycles. The normalized spacial score (nSPS) is 17.5. The van der Waals surface area contributed by atoms with Gasteiger partial charge in [-0.2, -0.15) is 0 Å². The van der Waals surface area contributed by atoms with E-state index in [9.17, 15) is 9.59 Å². The lowest BCUT2D eigenvalue weighted by Crippen LogP contribution is -2.32. The number of anilines is 1. The van der Waals surface area contributed by atoms with Gasteiger partial charge in [0.25, 0.3) is 0 Å². The second-order valence-electron chi connectivity index (χ2n) is 7.01. The highest BCUT2D eigenvalue weighted by molar-refractivity contribution is 6.30. The van der Waals surface area contributed by atoms with Crippen LogP contribution in [0.15, 0.2) is 60.0 Å². The maximum Gasteiger partial charge on any atom is 0.339 e. The van der Waals surface area contributed by atoms with Crippen LogP contribution >= 0.6 is 23.2 Å². The van der Waals surface area contributed by atoms with E-state index in [1.807, 2.05) is 26.0 Å². The number of urea groups is 1. The molecule has 2 aromatic carbocycles. The van der Waals surface area contributed by atoms with E-state index in [2.05, 4.69) is 10.6 Å². The molecule has 6 nitrogen and oxygen atoms in total. The van der Waals surface area contributed by atoms with Gasteiger partial charge < -0.3 is 14.8 Å². The average Bonchev–Trinajstić information content (AvgIpc) is 2.93. The number of ether oxygens (including phenoxy) is 2. The number of nitrogens with one attached hydrogen (secondary N) is 2. The Morgan fingerprint density at radius 2 is 1.52 bits per heavy atom. The van der Waals surface area contributed by atoms with E-state index in [4.69, 9.17) is 32.7 Å². The molecule has 0 fully saturated rings. The standard InChI is InChI=1S/C21H20Cl2N2O4/c1-21(2)17(12-4-6-13(22)7-5-12)16(19(26)28-3)18(29-21)25-20(27)24-15-10-8-14(23)9-11-15/h4-11,17H,1-3H3,(H2,24,25,27)/t17-/m1/s1. The molecule has 0 aromatic heterocycles. The summed E-state index contributed by atoms with van der Waals surface area (Å²) in [5.41, 5.74) is 0.777. The lowest BCUT2D eigenvalue weighted by Gasteiger charge is -2.28. The van der Waals surface area contributed by atoms with E-state index in [-0.39, 0.29) is 11.5 Å². The number of rotatable bonds is 4. The molecule has 0 saturated carbocycles. The monoisotopic (exact) mass is 434 g/mol. The Hall–Kier alpha value is -2.70. The zero-order valence-electron chi connectivity index (χ0n) is 16.1. The molecule has 2 N–H and O–H groups in total.